The van der Waals surface area contributed by atoms with Crippen molar-refractivity contribution < 1.29 is 9.18 Å². The summed E-state index contributed by atoms with van der Waals surface area (Å²) < 4.78 is 16.6. The summed E-state index contributed by atoms with van der Waals surface area (Å²) >= 11 is 0. The van der Waals surface area contributed by atoms with E-state index in [0.717, 1.165) is 35.3 Å². The molecule has 222 valence electrons. The minimum Gasteiger partial charge on any atom is -0.339 e. The van der Waals surface area contributed by atoms with Gasteiger partial charge in [0.15, 0.2) is 0 Å². The Morgan fingerprint density at radius 1 is 0.955 bits per heavy atom. The van der Waals surface area contributed by atoms with Gasteiger partial charge in [0.25, 0.3) is 5.91 Å². The fourth-order valence-electron chi connectivity index (χ4n) is 6.05. The lowest BCUT2D eigenvalue weighted by atomic mass is 9.93. The lowest BCUT2D eigenvalue weighted by Crippen LogP contribution is -2.38. The molecule has 1 unspecified atom stereocenters. The van der Waals surface area contributed by atoms with Crippen molar-refractivity contribution in [1.29, 1.82) is 5.41 Å². The van der Waals surface area contributed by atoms with Crippen LogP contribution in [0.1, 0.15) is 77.1 Å². The molecule has 1 aromatic heterocycles. The second-order valence-corrected chi connectivity index (χ2v) is 11.2. The van der Waals surface area contributed by atoms with E-state index in [2.05, 4.69) is 66.3 Å². The summed E-state index contributed by atoms with van der Waals surface area (Å²) in [4.78, 5) is 20.5. The molecular formula is C38H37FN4O. The number of likely N-dealkylation sites (tertiary alicyclic amines) is 1. The molecule has 1 saturated heterocycles. The molecule has 0 bridgehead atoms. The molecule has 0 radical (unpaired) electrons. The SMILES string of the molecule is C#CC.Cc1cc(C(=O)N2CCC(c3nc4ccccc4n3C(C)c3ccccc3)CC2)ccc1C(=N)c1ccccc1F. The second-order valence-electron chi connectivity index (χ2n) is 11.2. The van der Waals surface area contributed by atoms with Crippen LogP contribution in [0.4, 0.5) is 4.39 Å². The number of nitrogens with one attached hydrogen (secondary N) is 1. The largest absolute Gasteiger partial charge is 0.339 e. The average molecular weight is 585 g/mol. The maximum absolute atomic E-state index is 14.3. The van der Waals surface area contributed by atoms with Crippen LogP contribution in [0.3, 0.4) is 0 Å². The van der Waals surface area contributed by atoms with Crippen molar-refractivity contribution in [1.82, 2.24) is 14.5 Å². The molecule has 44 heavy (non-hydrogen) atoms. The molecule has 1 fully saturated rings. The number of nitrogens with zero attached hydrogens (tertiary/aromatic N) is 3. The van der Waals surface area contributed by atoms with Crippen LogP contribution in [0.5, 0.6) is 0 Å². The van der Waals surface area contributed by atoms with Gasteiger partial charge < -0.3 is 9.47 Å². The Bertz CT molecular complexity index is 1830. The number of piperidine rings is 1. The number of aryl methyl sites for hydroxylation is 1. The zero-order chi connectivity index (χ0) is 31.2. The van der Waals surface area contributed by atoms with Crippen LogP contribution in [0.15, 0.2) is 97.1 Å². The van der Waals surface area contributed by atoms with Crippen LogP contribution < -0.4 is 0 Å². The van der Waals surface area contributed by atoms with Crippen molar-refractivity contribution in [3.63, 3.8) is 0 Å². The smallest absolute Gasteiger partial charge is 0.253 e. The molecule has 5 aromatic rings. The molecule has 0 saturated carbocycles. The number of hydrogen-bond acceptors (Lipinski definition) is 3. The highest BCUT2D eigenvalue weighted by Gasteiger charge is 2.30. The Balaban J connectivity index is 0.00000123. The maximum atomic E-state index is 14.3. The number of halogens is 1. The summed E-state index contributed by atoms with van der Waals surface area (Å²) in [5.74, 6) is 3.15. The number of fused-ring (bicyclic) bond motifs is 1. The van der Waals surface area contributed by atoms with E-state index in [1.165, 1.54) is 11.6 Å². The van der Waals surface area contributed by atoms with E-state index in [9.17, 15) is 9.18 Å². The number of carbonyl (C=O) groups is 1. The van der Waals surface area contributed by atoms with Gasteiger partial charge in [-0.1, -0.05) is 60.7 Å². The number of carbonyl (C=O) groups excluding carboxylic acids is 1. The number of hydrogen-bond donors (Lipinski definition) is 1. The van der Waals surface area contributed by atoms with Crippen molar-refractivity contribution in [3.05, 3.63) is 137 Å². The summed E-state index contributed by atoms with van der Waals surface area (Å²) in [6.45, 7) is 7.05. The van der Waals surface area contributed by atoms with Gasteiger partial charge in [0.2, 0.25) is 0 Å². The molecule has 1 atom stereocenters. The van der Waals surface area contributed by atoms with Gasteiger partial charge in [-0.3, -0.25) is 10.2 Å². The zero-order valence-corrected chi connectivity index (χ0v) is 25.4. The van der Waals surface area contributed by atoms with Crippen molar-refractivity contribution in [2.24, 2.45) is 0 Å². The second kappa shape index (κ2) is 13.5. The highest BCUT2D eigenvalue weighted by atomic mass is 19.1. The first-order chi connectivity index (χ1) is 21.3. The topological polar surface area (TPSA) is 62.0 Å². The number of benzene rings is 4. The van der Waals surface area contributed by atoms with E-state index in [1.54, 1.807) is 37.3 Å². The number of aromatic nitrogens is 2. The minimum absolute atomic E-state index is 0.0123. The Hall–Kier alpha value is -5.02. The van der Waals surface area contributed by atoms with Gasteiger partial charge >= 0.3 is 0 Å². The Morgan fingerprint density at radius 3 is 2.27 bits per heavy atom. The molecule has 6 rings (SSSR count). The standard InChI is InChI=1S/C35H33FN4O.C3H4/c1-23-22-27(16-17-28(23)33(37)29-12-6-7-13-30(29)36)35(41)39-20-18-26(19-21-39)34-38-31-14-8-9-15-32(31)40(34)24(2)25-10-4-3-5-11-25;1-3-2/h3-17,22,24,26,37H,18-21H2,1-2H3;1H,2H3. The number of imidazole rings is 1. The van der Waals surface area contributed by atoms with E-state index >= 15 is 0 Å². The van der Waals surface area contributed by atoms with E-state index in [-0.39, 0.29) is 29.1 Å². The summed E-state index contributed by atoms with van der Waals surface area (Å²) in [5.41, 5.74) is 5.74. The predicted molar refractivity (Wildman–Crippen MR) is 176 cm³/mol. The van der Waals surface area contributed by atoms with Gasteiger partial charge in [-0.15, -0.1) is 12.3 Å². The molecule has 1 aliphatic heterocycles. The van der Waals surface area contributed by atoms with Crippen LogP contribution in [0.2, 0.25) is 0 Å². The first-order valence-corrected chi connectivity index (χ1v) is 15.0. The third kappa shape index (κ3) is 6.18. The van der Waals surface area contributed by atoms with Crippen molar-refractivity contribution in [3.8, 4) is 12.3 Å². The van der Waals surface area contributed by atoms with Gasteiger partial charge in [0.05, 0.1) is 22.8 Å². The molecule has 1 aliphatic rings. The average Bonchev–Trinajstić information content (AvgIpc) is 3.44. The molecule has 1 N–H and O–H groups in total. The number of amides is 1. The monoisotopic (exact) mass is 584 g/mol. The van der Waals surface area contributed by atoms with Crippen LogP contribution in [0.25, 0.3) is 11.0 Å². The van der Waals surface area contributed by atoms with Crippen LogP contribution in [-0.2, 0) is 0 Å². The maximum Gasteiger partial charge on any atom is 0.253 e. The molecule has 0 aliphatic carbocycles. The molecule has 0 spiro atoms. The molecule has 1 amide bonds. The van der Waals surface area contributed by atoms with E-state index in [1.807, 2.05) is 30.0 Å². The normalized spacial score (nSPS) is 13.9. The summed E-state index contributed by atoms with van der Waals surface area (Å²) in [6.07, 6.45) is 6.27. The Kier molecular flexibility index (Phi) is 9.35. The molecular weight excluding hydrogens is 547 g/mol. The van der Waals surface area contributed by atoms with Gasteiger partial charge in [0.1, 0.15) is 11.6 Å². The lowest BCUT2D eigenvalue weighted by Gasteiger charge is -2.33. The molecule has 2 heterocycles. The number of para-hydroxylation sites is 2. The van der Waals surface area contributed by atoms with Crippen molar-refractivity contribution >= 4 is 22.7 Å². The first-order valence-electron chi connectivity index (χ1n) is 15.0. The van der Waals surface area contributed by atoms with Gasteiger partial charge in [-0.25, -0.2) is 9.37 Å². The lowest BCUT2D eigenvalue weighted by molar-refractivity contribution is 0.0710. The van der Waals surface area contributed by atoms with Gasteiger partial charge in [-0.05, 0) is 81.1 Å². The first kappa shape index (κ1) is 30.4. The third-order valence-electron chi connectivity index (χ3n) is 8.33. The molecule has 5 nitrogen and oxygen atoms in total. The van der Waals surface area contributed by atoms with Crippen LogP contribution in [0, 0.1) is 30.5 Å². The summed E-state index contributed by atoms with van der Waals surface area (Å²) in [6, 6.07) is 30.6. The fraction of sp³-hybridized carbons (Fsp3) is 0.237. The number of rotatable bonds is 6. The Morgan fingerprint density at radius 2 is 1.59 bits per heavy atom. The third-order valence-corrected chi connectivity index (χ3v) is 8.33. The van der Waals surface area contributed by atoms with Gasteiger partial charge in [-0.2, -0.15) is 0 Å². The van der Waals surface area contributed by atoms with E-state index in [4.69, 9.17) is 10.4 Å². The van der Waals surface area contributed by atoms with E-state index in [0.29, 0.717) is 24.2 Å². The van der Waals surface area contributed by atoms with Gasteiger partial charge in [0, 0.05) is 35.7 Å². The fourth-order valence-corrected chi connectivity index (χ4v) is 6.05. The van der Waals surface area contributed by atoms with Crippen LogP contribution >= 0.6 is 0 Å². The van der Waals surface area contributed by atoms with Crippen LogP contribution in [-0.4, -0.2) is 39.2 Å². The number of terminal acetylenes is 1. The van der Waals surface area contributed by atoms with Crippen molar-refractivity contribution in [2.45, 2.75) is 45.6 Å². The zero-order valence-electron chi connectivity index (χ0n) is 25.4. The predicted octanol–water partition coefficient (Wildman–Crippen LogP) is 8.17. The molecule has 4 aromatic carbocycles. The quantitative estimate of drug-likeness (QED) is 0.162. The highest BCUT2D eigenvalue weighted by molar-refractivity contribution is 6.12. The highest BCUT2D eigenvalue weighted by Crippen LogP contribution is 2.35. The molecule has 6 heteroatoms. The Labute approximate surface area is 258 Å². The van der Waals surface area contributed by atoms with Crippen molar-refractivity contribution in [2.75, 3.05) is 13.1 Å². The van der Waals surface area contributed by atoms with E-state index < -0.39 is 5.82 Å². The summed E-state index contributed by atoms with van der Waals surface area (Å²) in [7, 11) is 0. The minimum atomic E-state index is -0.424. The summed E-state index contributed by atoms with van der Waals surface area (Å²) in [5, 5.41) is 8.53.